The Kier molecular flexibility index (Phi) is 8.49. The van der Waals surface area contributed by atoms with E-state index in [1.807, 2.05) is 49.6 Å². The molecule has 4 aromatic rings. The van der Waals surface area contributed by atoms with Gasteiger partial charge >= 0.3 is 0 Å². The van der Waals surface area contributed by atoms with E-state index in [1.54, 1.807) is 43.3 Å². The van der Waals surface area contributed by atoms with Crippen LogP contribution >= 0.6 is 23.2 Å². The lowest BCUT2D eigenvalue weighted by Crippen LogP contribution is -2.40. The SMILES string of the molecule is Cc1ccc(S(=O)(=O)N(CC(=O)N/N=C\c2cc(C)n(-c3cc(Cl)cc(Cl)c3)c2C)c2ccccc2C)cc1. The highest BCUT2D eigenvalue weighted by molar-refractivity contribution is 7.92. The van der Waals surface area contributed by atoms with Crippen LogP contribution < -0.4 is 9.73 Å². The molecular formula is C29H28Cl2N4O3S. The maximum atomic E-state index is 13.6. The second kappa shape index (κ2) is 11.7. The van der Waals surface area contributed by atoms with E-state index in [9.17, 15) is 13.2 Å². The number of hydrazone groups is 1. The Morgan fingerprint density at radius 3 is 2.23 bits per heavy atom. The Bertz CT molecular complexity index is 1640. The Balaban J connectivity index is 1.57. The number of sulfonamides is 1. The number of carbonyl (C=O) groups is 1. The quantitative estimate of drug-likeness (QED) is 0.194. The molecule has 0 saturated carbocycles. The monoisotopic (exact) mass is 582 g/mol. The molecule has 4 rings (SSSR count). The molecule has 0 unspecified atom stereocenters. The predicted octanol–water partition coefficient (Wildman–Crippen LogP) is 6.36. The molecule has 0 aliphatic heterocycles. The summed E-state index contributed by atoms with van der Waals surface area (Å²) in [5.41, 5.74) is 7.91. The fourth-order valence-corrected chi connectivity index (χ4v) is 6.30. The normalized spacial score (nSPS) is 11.6. The number of anilines is 1. The average Bonchev–Trinajstić information content (AvgIpc) is 3.15. The van der Waals surface area contributed by atoms with Crippen LogP contribution in [0.1, 0.15) is 28.1 Å². The van der Waals surface area contributed by atoms with Crippen LogP contribution in [0.2, 0.25) is 10.0 Å². The number of aromatic nitrogens is 1. The van der Waals surface area contributed by atoms with Crippen molar-refractivity contribution in [3.63, 3.8) is 0 Å². The van der Waals surface area contributed by atoms with Crippen LogP contribution in [0.3, 0.4) is 0 Å². The van der Waals surface area contributed by atoms with Gasteiger partial charge in [0.2, 0.25) is 0 Å². The maximum Gasteiger partial charge on any atom is 0.264 e. The molecule has 0 radical (unpaired) electrons. The minimum atomic E-state index is -4.02. The first-order valence-electron chi connectivity index (χ1n) is 12.1. The van der Waals surface area contributed by atoms with Gasteiger partial charge in [-0.2, -0.15) is 5.10 Å². The number of amides is 1. The van der Waals surface area contributed by atoms with Crippen molar-refractivity contribution in [2.45, 2.75) is 32.6 Å². The van der Waals surface area contributed by atoms with Gasteiger partial charge in [0.15, 0.2) is 0 Å². The Labute approximate surface area is 238 Å². The zero-order valence-corrected chi connectivity index (χ0v) is 24.3. The van der Waals surface area contributed by atoms with Crippen LogP contribution in [0.4, 0.5) is 5.69 Å². The van der Waals surface area contributed by atoms with Crippen molar-refractivity contribution in [2.24, 2.45) is 5.10 Å². The summed E-state index contributed by atoms with van der Waals surface area (Å²) in [6.45, 7) is 7.08. The number of para-hydroxylation sites is 1. The Morgan fingerprint density at radius 1 is 0.949 bits per heavy atom. The molecule has 1 heterocycles. The number of nitrogens with zero attached hydrogens (tertiary/aromatic N) is 3. The van der Waals surface area contributed by atoms with Crippen molar-refractivity contribution in [3.05, 3.63) is 111 Å². The minimum Gasteiger partial charge on any atom is -0.318 e. The summed E-state index contributed by atoms with van der Waals surface area (Å²) in [4.78, 5) is 13.0. The smallest absolute Gasteiger partial charge is 0.264 e. The van der Waals surface area contributed by atoms with Gasteiger partial charge in [-0.15, -0.1) is 0 Å². The molecule has 0 aliphatic carbocycles. The van der Waals surface area contributed by atoms with Crippen molar-refractivity contribution in [2.75, 3.05) is 10.8 Å². The number of rotatable bonds is 8. The third kappa shape index (κ3) is 6.36. The first kappa shape index (κ1) is 28.4. The lowest BCUT2D eigenvalue weighted by molar-refractivity contribution is -0.119. The van der Waals surface area contributed by atoms with Crippen molar-refractivity contribution in [1.82, 2.24) is 9.99 Å². The fourth-order valence-electron chi connectivity index (χ4n) is 4.30. The molecule has 39 heavy (non-hydrogen) atoms. The van der Waals surface area contributed by atoms with Gasteiger partial charge in [-0.3, -0.25) is 9.10 Å². The summed E-state index contributed by atoms with van der Waals surface area (Å²) >= 11 is 12.4. The van der Waals surface area contributed by atoms with Crippen molar-refractivity contribution < 1.29 is 13.2 Å². The molecule has 10 heteroatoms. The highest BCUT2D eigenvalue weighted by Crippen LogP contribution is 2.28. The van der Waals surface area contributed by atoms with E-state index in [2.05, 4.69) is 10.5 Å². The number of carbonyl (C=O) groups excluding carboxylic acids is 1. The van der Waals surface area contributed by atoms with Gasteiger partial charge in [0, 0.05) is 32.7 Å². The van der Waals surface area contributed by atoms with Gasteiger partial charge in [-0.25, -0.2) is 13.8 Å². The van der Waals surface area contributed by atoms with Crippen LogP contribution in [0.5, 0.6) is 0 Å². The molecular weight excluding hydrogens is 555 g/mol. The second-order valence-corrected chi connectivity index (χ2v) is 11.9. The Hall–Kier alpha value is -3.59. The molecule has 0 aliphatic rings. The molecule has 1 N–H and O–H groups in total. The molecule has 0 spiro atoms. The van der Waals surface area contributed by atoms with Crippen LogP contribution in [0.15, 0.2) is 82.8 Å². The van der Waals surface area contributed by atoms with Crippen LogP contribution in [-0.2, 0) is 14.8 Å². The molecule has 1 amide bonds. The third-order valence-corrected chi connectivity index (χ3v) is 8.46. The van der Waals surface area contributed by atoms with E-state index in [4.69, 9.17) is 23.2 Å². The van der Waals surface area contributed by atoms with Crippen molar-refractivity contribution in [3.8, 4) is 5.69 Å². The minimum absolute atomic E-state index is 0.0983. The summed E-state index contributed by atoms with van der Waals surface area (Å²) in [6, 6.07) is 20.7. The average molecular weight is 584 g/mol. The van der Waals surface area contributed by atoms with Gasteiger partial charge in [-0.1, -0.05) is 59.1 Å². The summed E-state index contributed by atoms with van der Waals surface area (Å²) in [6.07, 6.45) is 1.52. The first-order valence-corrected chi connectivity index (χ1v) is 14.3. The standard InChI is InChI=1S/C29H28Cl2N4O3S/c1-19-9-11-27(12-10-19)39(37,38)34(28-8-6-5-7-20(28)2)18-29(36)33-32-17-23-13-21(3)35(22(23)4)26-15-24(30)14-25(31)16-26/h5-17H,18H2,1-4H3,(H,33,36)/b32-17-. The van der Waals surface area contributed by atoms with Gasteiger partial charge in [0.1, 0.15) is 6.54 Å². The zero-order valence-electron chi connectivity index (χ0n) is 21.9. The number of hydrogen-bond acceptors (Lipinski definition) is 4. The predicted molar refractivity (Wildman–Crippen MR) is 158 cm³/mol. The van der Waals surface area contributed by atoms with E-state index in [0.29, 0.717) is 15.7 Å². The topological polar surface area (TPSA) is 83.8 Å². The largest absolute Gasteiger partial charge is 0.318 e. The highest BCUT2D eigenvalue weighted by Gasteiger charge is 2.28. The summed E-state index contributed by atoms with van der Waals surface area (Å²) in [5.74, 6) is -0.583. The number of benzene rings is 3. The lowest BCUT2D eigenvalue weighted by Gasteiger charge is -2.25. The Morgan fingerprint density at radius 2 is 1.59 bits per heavy atom. The third-order valence-electron chi connectivity index (χ3n) is 6.25. The van der Waals surface area contributed by atoms with Crippen molar-refractivity contribution >= 4 is 51.0 Å². The van der Waals surface area contributed by atoms with E-state index in [-0.39, 0.29) is 4.90 Å². The molecule has 1 aromatic heterocycles. The number of aryl methyl sites for hydroxylation is 3. The van der Waals surface area contributed by atoms with E-state index < -0.39 is 22.5 Å². The molecule has 7 nitrogen and oxygen atoms in total. The van der Waals surface area contributed by atoms with Gasteiger partial charge in [0.05, 0.1) is 16.8 Å². The number of hydrogen-bond donors (Lipinski definition) is 1. The van der Waals surface area contributed by atoms with Crippen LogP contribution in [0.25, 0.3) is 5.69 Å². The number of nitrogens with one attached hydrogen (secondary N) is 1. The fraction of sp³-hybridized carbons (Fsp3) is 0.172. The molecule has 3 aromatic carbocycles. The molecule has 0 bridgehead atoms. The highest BCUT2D eigenvalue weighted by atomic mass is 35.5. The van der Waals surface area contributed by atoms with E-state index in [1.165, 1.54) is 18.3 Å². The maximum absolute atomic E-state index is 13.6. The summed E-state index contributed by atoms with van der Waals surface area (Å²) in [7, 11) is -4.02. The van der Waals surface area contributed by atoms with Crippen LogP contribution in [-0.4, -0.2) is 31.7 Å². The summed E-state index contributed by atoms with van der Waals surface area (Å²) in [5, 5.41) is 5.15. The number of halogens is 2. The van der Waals surface area contributed by atoms with E-state index >= 15 is 0 Å². The summed E-state index contributed by atoms with van der Waals surface area (Å²) < 4.78 is 30.2. The van der Waals surface area contributed by atoms with Gasteiger partial charge in [-0.05, 0) is 75.7 Å². The van der Waals surface area contributed by atoms with E-state index in [0.717, 1.165) is 38.1 Å². The molecule has 202 valence electrons. The van der Waals surface area contributed by atoms with Crippen LogP contribution in [0, 0.1) is 27.7 Å². The zero-order chi connectivity index (χ0) is 28.3. The lowest BCUT2D eigenvalue weighted by atomic mass is 10.2. The first-order chi connectivity index (χ1) is 18.5. The van der Waals surface area contributed by atoms with Gasteiger partial charge < -0.3 is 4.57 Å². The van der Waals surface area contributed by atoms with Gasteiger partial charge in [0.25, 0.3) is 15.9 Å². The molecule has 0 saturated heterocycles. The molecule has 0 atom stereocenters. The second-order valence-electron chi connectivity index (χ2n) is 9.19. The molecule has 0 fully saturated rings. The van der Waals surface area contributed by atoms with Crippen molar-refractivity contribution in [1.29, 1.82) is 0 Å².